The van der Waals surface area contributed by atoms with Crippen LogP contribution >= 0.6 is 11.8 Å². The third-order valence-electron chi connectivity index (χ3n) is 4.09. The van der Waals surface area contributed by atoms with Crippen molar-refractivity contribution in [1.29, 1.82) is 0 Å². The first-order chi connectivity index (χ1) is 14.6. The van der Waals surface area contributed by atoms with Crippen LogP contribution in [0.5, 0.6) is 5.75 Å². The van der Waals surface area contributed by atoms with E-state index in [2.05, 4.69) is 33.1 Å². The van der Waals surface area contributed by atoms with E-state index in [-0.39, 0.29) is 32.4 Å². The fraction of sp³-hybridized carbons (Fsp3) is 0.0526. The van der Waals surface area contributed by atoms with Crippen molar-refractivity contribution in [1.82, 2.24) is 15.2 Å². The van der Waals surface area contributed by atoms with E-state index < -0.39 is 21.8 Å². The number of aromatic hydroxyl groups is 1. The summed E-state index contributed by atoms with van der Waals surface area (Å²) in [5, 5.41) is 17.2. The monoisotopic (exact) mass is 468 g/mol. The first-order valence-electron chi connectivity index (χ1n) is 8.45. The van der Waals surface area contributed by atoms with E-state index in [1.54, 1.807) is 0 Å². The number of rotatable bonds is 7. The Kier molecular flexibility index (Phi) is 6.13. The molecule has 2 aromatic carbocycles. The van der Waals surface area contributed by atoms with Crippen LogP contribution in [0, 0.1) is 0 Å². The Morgan fingerprint density at radius 2 is 1.77 bits per heavy atom. The van der Waals surface area contributed by atoms with Gasteiger partial charge in [-0.05, 0) is 42.1 Å². The summed E-state index contributed by atoms with van der Waals surface area (Å²) < 4.78 is 66.2. The molecular weight excluding hydrogens is 453 g/mol. The topological polar surface area (TPSA) is 108 Å². The maximum Gasteiger partial charge on any atom is 0.416 e. The van der Waals surface area contributed by atoms with Gasteiger partial charge in [-0.1, -0.05) is 25.3 Å². The number of anilines is 1. The minimum Gasteiger partial charge on any atom is -0.506 e. The molecule has 0 fully saturated rings. The number of halogens is 3. The zero-order valence-corrected chi connectivity index (χ0v) is 17.3. The zero-order valence-electron chi connectivity index (χ0n) is 15.6. The summed E-state index contributed by atoms with van der Waals surface area (Å²) in [7, 11) is -4.25. The van der Waals surface area contributed by atoms with E-state index in [4.69, 9.17) is 0 Å². The molecule has 0 amide bonds. The highest BCUT2D eigenvalue weighted by atomic mass is 32.2. The van der Waals surface area contributed by atoms with Crippen molar-refractivity contribution in [3.8, 4) is 5.75 Å². The average Bonchev–Trinajstić information content (AvgIpc) is 3.22. The summed E-state index contributed by atoms with van der Waals surface area (Å²) in [6, 6.07) is 4.43. The molecule has 0 bridgehead atoms. The van der Waals surface area contributed by atoms with Crippen LogP contribution in [0.1, 0.15) is 16.7 Å². The number of hydrogen-bond acceptors (Lipinski definition) is 6. The molecule has 0 atom stereocenters. The number of nitrogens with one attached hydrogen (secondary N) is 2. The number of hydrogen-bond donors (Lipinski definition) is 3. The van der Waals surface area contributed by atoms with E-state index in [0.717, 1.165) is 23.9 Å². The average molecular weight is 468 g/mol. The van der Waals surface area contributed by atoms with Crippen molar-refractivity contribution >= 4 is 39.6 Å². The maximum atomic E-state index is 12.8. The lowest BCUT2D eigenvalue weighted by Crippen LogP contribution is -2.15. The van der Waals surface area contributed by atoms with Gasteiger partial charge in [-0.2, -0.15) is 18.3 Å². The predicted octanol–water partition coefficient (Wildman–Crippen LogP) is 4.77. The van der Waals surface area contributed by atoms with Gasteiger partial charge in [0.15, 0.2) is 5.16 Å². The minimum absolute atomic E-state index is 0.0459. The Labute approximate surface area is 179 Å². The van der Waals surface area contributed by atoms with Crippen LogP contribution in [0.25, 0.3) is 12.2 Å². The van der Waals surface area contributed by atoms with Gasteiger partial charge in [0.25, 0.3) is 10.0 Å². The number of sulfonamides is 1. The Morgan fingerprint density at radius 1 is 1.13 bits per heavy atom. The van der Waals surface area contributed by atoms with Crippen LogP contribution < -0.4 is 4.72 Å². The van der Waals surface area contributed by atoms with Crippen molar-refractivity contribution in [3.05, 3.63) is 66.5 Å². The highest BCUT2D eigenvalue weighted by Crippen LogP contribution is 2.41. The molecule has 7 nitrogen and oxygen atoms in total. The van der Waals surface area contributed by atoms with Gasteiger partial charge < -0.3 is 5.11 Å². The van der Waals surface area contributed by atoms with E-state index >= 15 is 0 Å². The van der Waals surface area contributed by atoms with Gasteiger partial charge in [-0.25, -0.2) is 13.4 Å². The first-order valence-corrected chi connectivity index (χ1v) is 10.7. The van der Waals surface area contributed by atoms with E-state index in [1.807, 2.05) is 0 Å². The molecule has 1 heterocycles. The van der Waals surface area contributed by atoms with E-state index in [9.17, 15) is 26.7 Å². The van der Waals surface area contributed by atoms with Gasteiger partial charge in [-0.15, -0.1) is 0 Å². The van der Waals surface area contributed by atoms with Crippen LogP contribution in [-0.4, -0.2) is 28.7 Å². The van der Waals surface area contributed by atoms with Crippen molar-refractivity contribution < 1.29 is 26.7 Å². The van der Waals surface area contributed by atoms with Crippen LogP contribution in [0.2, 0.25) is 0 Å². The Morgan fingerprint density at radius 3 is 2.29 bits per heavy atom. The smallest absolute Gasteiger partial charge is 0.416 e. The van der Waals surface area contributed by atoms with Crippen molar-refractivity contribution in [2.24, 2.45) is 0 Å². The van der Waals surface area contributed by atoms with Crippen LogP contribution in [0.3, 0.4) is 0 Å². The predicted molar refractivity (Wildman–Crippen MR) is 111 cm³/mol. The van der Waals surface area contributed by atoms with Crippen molar-refractivity contribution in [2.45, 2.75) is 21.1 Å². The number of aromatic amines is 1. The SMILES string of the molecule is C=Cc1c(NS(=O)(=O)c2ccc(C(F)(F)F)cc2)cc(Sc2ncn[nH]2)c(O)c1C=C. The lowest BCUT2D eigenvalue weighted by Gasteiger charge is -2.17. The number of aromatic nitrogens is 3. The van der Waals surface area contributed by atoms with E-state index in [0.29, 0.717) is 17.3 Å². The molecule has 0 saturated carbocycles. The highest BCUT2D eigenvalue weighted by Gasteiger charge is 2.31. The number of H-pyrrole nitrogens is 1. The molecule has 0 aliphatic carbocycles. The van der Waals surface area contributed by atoms with Crippen LogP contribution in [0.15, 0.2) is 64.8 Å². The largest absolute Gasteiger partial charge is 0.506 e. The quantitative estimate of drug-likeness (QED) is 0.431. The standard InChI is InChI=1S/C19H15F3N4O3S2/c1-3-13-14(4-2)17(27)16(30-18-23-10-24-25-18)9-15(13)26-31(28,29)12-7-5-11(6-8-12)19(20,21)22/h3-10,26-27H,1-2H2,(H,23,24,25). The number of nitrogens with zero attached hydrogens (tertiary/aromatic N) is 2. The molecule has 3 rings (SSSR count). The number of phenols is 1. The summed E-state index contributed by atoms with van der Waals surface area (Å²) >= 11 is 0.989. The van der Waals surface area contributed by atoms with Gasteiger partial charge in [0, 0.05) is 11.1 Å². The molecule has 12 heteroatoms. The Balaban J connectivity index is 2.04. The second kappa shape index (κ2) is 8.47. The maximum absolute atomic E-state index is 12.8. The molecule has 31 heavy (non-hydrogen) atoms. The van der Waals surface area contributed by atoms with Gasteiger partial charge in [0.05, 0.1) is 21.0 Å². The molecule has 0 unspecified atom stereocenters. The van der Waals surface area contributed by atoms with Gasteiger partial charge in [0.1, 0.15) is 12.1 Å². The number of benzene rings is 2. The third-order valence-corrected chi connectivity index (χ3v) is 6.39. The molecule has 0 spiro atoms. The first kappa shape index (κ1) is 22.4. The number of alkyl halides is 3. The highest BCUT2D eigenvalue weighted by molar-refractivity contribution is 7.99. The van der Waals surface area contributed by atoms with Gasteiger partial charge >= 0.3 is 6.18 Å². The third kappa shape index (κ3) is 4.75. The van der Waals surface area contributed by atoms with Crippen molar-refractivity contribution in [2.75, 3.05) is 4.72 Å². The molecule has 1 aromatic heterocycles. The molecular formula is C19H15F3N4O3S2. The van der Waals surface area contributed by atoms with Gasteiger partial charge in [0.2, 0.25) is 0 Å². The van der Waals surface area contributed by atoms with Crippen molar-refractivity contribution in [3.63, 3.8) is 0 Å². The molecule has 0 aliphatic rings. The molecule has 3 aromatic rings. The molecule has 0 radical (unpaired) electrons. The zero-order chi connectivity index (χ0) is 22.8. The second-order valence-corrected chi connectivity index (χ2v) is 8.74. The van der Waals surface area contributed by atoms with Crippen LogP contribution in [0.4, 0.5) is 18.9 Å². The minimum atomic E-state index is -4.59. The summed E-state index contributed by atoms with van der Waals surface area (Å²) in [6.45, 7) is 7.26. The molecule has 162 valence electrons. The number of phenolic OH excluding ortho intramolecular Hbond substituents is 1. The lowest BCUT2D eigenvalue weighted by atomic mass is 10.0. The van der Waals surface area contributed by atoms with Crippen LogP contribution in [-0.2, 0) is 16.2 Å². The fourth-order valence-corrected chi connectivity index (χ4v) is 4.51. The summed E-state index contributed by atoms with van der Waals surface area (Å²) in [5.41, 5.74) is -0.471. The molecule has 3 N–H and O–H groups in total. The summed E-state index contributed by atoms with van der Waals surface area (Å²) in [6.07, 6.45) is -0.675. The normalized spacial score (nSPS) is 11.8. The summed E-state index contributed by atoms with van der Waals surface area (Å²) in [5.74, 6) is -0.177. The molecule has 0 saturated heterocycles. The Hall–Kier alpha value is -3.25. The molecule has 0 aliphatic heterocycles. The Bertz CT molecular complexity index is 1220. The lowest BCUT2D eigenvalue weighted by molar-refractivity contribution is -0.137. The van der Waals surface area contributed by atoms with E-state index in [1.165, 1.54) is 24.5 Å². The summed E-state index contributed by atoms with van der Waals surface area (Å²) in [4.78, 5) is 3.81. The van der Waals surface area contributed by atoms with Gasteiger partial charge in [-0.3, -0.25) is 9.82 Å². The second-order valence-electron chi connectivity index (χ2n) is 6.03. The fourth-order valence-electron chi connectivity index (χ4n) is 2.65.